The summed E-state index contributed by atoms with van der Waals surface area (Å²) in [6.45, 7) is 3.92. The summed E-state index contributed by atoms with van der Waals surface area (Å²) in [6.07, 6.45) is 0.125. The van der Waals surface area contributed by atoms with Crippen molar-refractivity contribution >= 4 is 7.85 Å². The summed E-state index contributed by atoms with van der Waals surface area (Å²) in [5.74, 6) is 0. The molecule has 0 aliphatic rings. The Morgan fingerprint density at radius 2 is 2.00 bits per heavy atom. The van der Waals surface area contributed by atoms with Crippen LogP contribution >= 0.6 is 0 Å². The monoisotopic (exact) mass is 101 g/mol. The van der Waals surface area contributed by atoms with Crippen molar-refractivity contribution in [3.05, 3.63) is 0 Å². The Hall–Kier alpha value is -0.0151. The van der Waals surface area contributed by atoms with E-state index in [0.717, 1.165) is 0 Å². The molecule has 7 heavy (non-hydrogen) atoms. The van der Waals surface area contributed by atoms with Crippen LogP contribution in [0.15, 0.2) is 0 Å². The van der Waals surface area contributed by atoms with Gasteiger partial charge in [-0.15, -0.1) is 0 Å². The summed E-state index contributed by atoms with van der Waals surface area (Å²) in [5, 5.41) is 0. The largest absolute Gasteiger partial charge is 0.370 e. The predicted molar refractivity (Wildman–Crippen MR) is 32.7 cm³/mol. The van der Waals surface area contributed by atoms with Crippen LogP contribution in [0.25, 0.3) is 0 Å². The molecule has 2 N–H and O–H groups in total. The zero-order valence-electron chi connectivity index (χ0n) is 5.14. The molecule has 0 heterocycles. The number of hydrogen-bond acceptors (Lipinski definition) is 2. The van der Waals surface area contributed by atoms with Crippen molar-refractivity contribution in [1.29, 1.82) is 0 Å². The van der Waals surface area contributed by atoms with Gasteiger partial charge in [-0.1, -0.05) is 0 Å². The van der Waals surface area contributed by atoms with Crippen LogP contribution in [0.2, 0.25) is 0 Å². The van der Waals surface area contributed by atoms with Gasteiger partial charge in [0, 0.05) is 0 Å². The highest BCUT2D eigenvalue weighted by Crippen LogP contribution is 1.86. The second-order valence-corrected chi connectivity index (χ2v) is 1.89. The van der Waals surface area contributed by atoms with Crippen molar-refractivity contribution in [1.82, 2.24) is 0 Å². The van der Waals surface area contributed by atoms with Gasteiger partial charge in [-0.25, -0.2) is 0 Å². The molecule has 0 aliphatic carbocycles. The standard InChI is InChI=1S/C4H12BNO/c1-3(2)7-4(5)6/h3-4H,5-6H2,1-2H3. The molecule has 0 radical (unpaired) electrons. The van der Waals surface area contributed by atoms with Crippen LogP contribution in [-0.2, 0) is 4.74 Å². The maximum Gasteiger partial charge on any atom is 0.157 e. The molecule has 0 rings (SSSR count). The molecule has 1 unspecified atom stereocenters. The molecule has 3 heteroatoms. The average Bonchev–Trinajstić information content (AvgIpc) is 1.27. The molecule has 1 atom stereocenters. The van der Waals surface area contributed by atoms with E-state index >= 15 is 0 Å². The third-order valence-electron chi connectivity index (χ3n) is 0.487. The van der Waals surface area contributed by atoms with Crippen LogP contribution in [0.5, 0.6) is 0 Å². The van der Waals surface area contributed by atoms with E-state index in [-0.39, 0.29) is 12.2 Å². The van der Waals surface area contributed by atoms with Crippen molar-refractivity contribution < 1.29 is 4.74 Å². The summed E-state index contributed by atoms with van der Waals surface area (Å²) >= 11 is 0. The van der Waals surface area contributed by atoms with Crippen molar-refractivity contribution in [3.8, 4) is 0 Å². The molecule has 42 valence electrons. The maximum absolute atomic E-state index is 5.27. The van der Waals surface area contributed by atoms with Gasteiger partial charge >= 0.3 is 0 Å². The second-order valence-electron chi connectivity index (χ2n) is 1.89. The highest BCUT2D eigenvalue weighted by atomic mass is 16.5. The lowest BCUT2D eigenvalue weighted by Crippen LogP contribution is -2.26. The zero-order chi connectivity index (χ0) is 5.86. The molecule has 0 saturated carbocycles. The summed E-state index contributed by atoms with van der Waals surface area (Å²) in [5.41, 5.74) is 5.27. The van der Waals surface area contributed by atoms with E-state index in [1.54, 1.807) is 0 Å². The normalized spacial score (nSPS) is 14.9. The van der Waals surface area contributed by atoms with E-state index in [1.165, 1.54) is 0 Å². The fraction of sp³-hybridized carbons (Fsp3) is 1.00. The van der Waals surface area contributed by atoms with E-state index in [4.69, 9.17) is 10.5 Å². The van der Waals surface area contributed by atoms with Crippen LogP contribution in [0.1, 0.15) is 13.8 Å². The van der Waals surface area contributed by atoms with E-state index in [9.17, 15) is 0 Å². The quantitative estimate of drug-likeness (QED) is 0.368. The third kappa shape index (κ3) is 5.98. The first kappa shape index (κ1) is 6.98. The van der Waals surface area contributed by atoms with Crippen molar-refractivity contribution in [2.75, 3.05) is 0 Å². The minimum Gasteiger partial charge on any atom is -0.370 e. The number of hydrogen-bond donors (Lipinski definition) is 1. The SMILES string of the molecule is BC(N)OC(C)C. The second kappa shape index (κ2) is 3.05. The Morgan fingerprint density at radius 1 is 1.57 bits per heavy atom. The lowest BCUT2D eigenvalue weighted by Gasteiger charge is -2.09. The van der Waals surface area contributed by atoms with Gasteiger partial charge in [0.05, 0.1) is 12.2 Å². The molecule has 0 saturated heterocycles. The Bertz CT molecular complexity index is 41.0. The highest BCUT2D eigenvalue weighted by Gasteiger charge is 1.94. The molecule has 0 fully saturated rings. The Balaban J connectivity index is 2.95. The summed E-state index contributed by atoms with van der Waals surface area (Å²) in [7, 11) is 1.82. The maximum atomic E-state index is 5.27. The molecular weight excluding hydrogens is 88.9 g/mol. The fourth-order valence-corrected chi connectivity index (χ4v) is 0.429. The van der Waals surface area contributed by atoms with Gasteiger partial charge in [0.2, 0.25) is 0 Å². The van der Waals surface area contributed by atoms with Gasteiger partial charge < -0.3 is 10.5 Å². The van der Waals surface area contributed by atoms with Gasteiger partial charge in [-0.05, 0) is 13.8 Å². The van der Waals surface area contributed by atoms with Gasteiger partial charge in [0.25, 0.3) is 0 Å². The third-order valence-corrected chi connectivity index (χ3v) is 0.487. The zero-order valence-corrected chi connectivity index (χ0v) is 5.14. The van der Waals surface area contributed by atoms with Gasteiger partial charge in [0.1, 0.15) is 0 Å². The molecule has 0 aromatic heterocycles. The van der Waals surface area contributed by atoms with Gasteiger partial charge in [-0.2, -0.15) is 0 Å². The van der Waals surface area contributed by atoms with Gasteiger partial charge in [0.15, 0.2) is 7.85 Å². The van der Waals surface area contributed by atoms with E-state index in [2.05, 4.69) is 0 Å². The molecule has 0 spiro atoms. The first-order chi connectivity index (χ1) is 3.13. The molecule has 0 aromatic carbocycles. The summed E-state index contributed by atoms with van der Waals surface area (Å²) < 4.78 is 5.03. The predicted octanol–water partition coefficient (Wildman–Crippen LogP) is -0.713. The van der Waals surface area contributed by atoms with Crippen LogP contribution in [0.3, 0.4) is 0 Å². The molecule has 0 aliphatic heterocycles. The minimum absolute atomic E-state index is 0.125. The van der Waals surface area contributed by atoms with E-state index in [0.29, 0.717) is 0 Å². The lowest BCUT2D eigenvalue weighted by atomic mass is 10.1. The molecule has 0 amide bonds. The van der Waals surface area contributed by atoms with Crippen molar-refractivity contribution in [2.45, 2.75) is 26.1 Å². The fourth-order valence-electron chi connectivity index (χ4n) is 0.429. The van der Waals surface area contributed by atoms with E-state index in [1.807, 2.05) is 21.7 Å². The Kier molecular flexibility index (Phi) is 3.04. The smallest absolute Gasteiger partial charge is 0.157 e. The summed E-state index contributed by atoms with van der Waals surface area (Å²) in [4.78, 5) is 0. The number of ether oxygens (including phenoxy) is 1. The first-order valence-corrected chi connectivity index (χ1v) is 2.54. The van der Waals surface area contributed by atoms with Crippen molar-refractivity contribution in [2.24, 2.45) is 5.73 Å². The topological polar surface area (TPSA) is 35.2 Å². The molecule has 2 nitrogen and oxygen atoms in total. The van der Waals surface area contributed by atoms with Crippen LogP contribution < -0.4 is 5.73 Å². The van der Waals surface area contributed by atoms with Crippen molar-refractivity contribution in [3.63, 3.8) is 0 Å². The van der Waals surface area contributed by atoms with Crippen LogP contribution in [0, 0.1) is 0 Å². The average molecular weight is 101 g/mol. The van der Waals surface area contributed by atoms with Crippen LogP contribution in [0.4, 0.5) is 0 Å². The molecule has 0 bridgehead atoms. The number of nitrogens with two attached hydrogens (primary N) is 1. The minimum atomic E-state index is -0.125. The highest BCUT2D eigenvalue weighted by molar-refractivity contribution is 6.10. The number of rotatable bonds is 2. The summed E-state index contributed by atoms with van der Waals surface area (Å²) in [6, 6.07) is 0. The molecule has 0 aromatic rings. The van der Waals surface area contributed by atoms with E-state index < -0.39 is 0 Å². The first-order valence-electron chi connectivity index (χ1n) is 2.54. The Labute approximate surface area is 45.4 Å². The lowest BCUT2D eigenvalue weighted by molar-refractivity contribution is 0.0582. The van der Waals surface area contributed by atoms with Gasteiger partial charge in [-0.3, -0.25) is 0 Å². The molecular formula is C4H12BNO. The Morgan fingerprint density at radius 3 is 2.00 bits per heavy atom. The van der Waals surface area contributed by atoms with Crippen LogP contribution in [-0.4, -0.2) is 20.1 Å².